The summed E-state index contributed by atoms with van der Waals surface area (Å²) in [6, 6.07) is 9.48. The molecule has 0 bridgehead atoms. The number of hydrogen-bond donors (Lipinski definition) is 1. The Morgan fingerprint density at radius 2 is 2.26 bits per heavy atom. The fourth-order valence-electron chi connectivity index (χ4n) is 1.80. The number of nitrogens with zero attached hydrogens (tertiary/aromatic N) is 2. The van der Waals surface area contributed by atoms with Crippen LogP contribution in [0.1, 0.15) is 30.9 Å². The van der Waals surface area contributed by atoms with Gasteiger partial charge in [-0.25, -0.2) is 5.43 Å². The molecule has 0 atom stereocenters. The molecule has 0 saturated carbocycles. The highest BCUT2D eigenvalue weighted by Gasteiger charge is 2.07. The molecular weight excluding hydrogens is 358 g/mol. The maximum atomic E-state index is 11.7. The minimum atomic E-state index is -0.329. The van der Waals surface area contributed by atoms with Gasteiger partial charge < -0.3 is 4.74 Å². The molecule has 1 amide bonds. The predicted molar refractivity (Wildman–Crippen MR) is 93.7 cm³/mol. The summed E-state index contributed by atoms with van der Waals surface area (Å²) in [5.74, 6) is 0.733. The number of benzene rings is 1. The molecule has 0 fully saturated rings. The van der Waals surface area contributed by atoms with Crippen molar-refractivity contribution in [2.45, 2.75) is 19.8 Å². The van der Waals surface area contributed by atoms with Gasteiger partial charge in [-0.3, -0.25) is 9.78 Å². The summed E-state index contributed by atoms with van der Waals surface area (Å²) in [6.07, 6.45) is 4.85. The quantitative estimate of drug-likeness (QED) is 0.620. The fourth-order valence-corrected chi connectivity index (χ4v) is 2.31. The number of aromatic nitrogens is 1. The third kappa shape index (κ3) is 5.49. The van der Waals surface area contributed by atoms with Gasteiger partial charge in [0, 0.05) is 18.0 Å². The van der Waals surface area contributed by atoms with E-state index in [1.807, 2.05) is 24.3 Å². The minimum absolute atomic E-state index is 0.107. The van der Waals surface area contributed by atoms with Gasteiger partial charge in [0.05, 0.1) is 10.7 Å². The molecule has 2 rings (SSSR count). The Labute approximate surface area is 143 Å². The third-order valence-electron chi connectivity index (χ3n) is 3.07. The van der Waals surface area contributed by atoms with Crippen LogP contribution in [0.2, 0.25) is 0 Å². The first-order valence-electron chi connectivity index (χ1n) is 7.20. The standard InChI is InChI=1S/C17H18BrN3O2/c1-12(2)14-5-6-16(15(18)8-14)23-11-17(22)21-20-10-13-4-3-7-19-9-13/h3-10,12H,11H2,1-2H3,(H,21,22)/b20-10+. The average molecular weight is 376 g/mol. The van der Waals surface area contributed by atoms with Gasteiger partial charge >= 0.3 is 0 Å². The molecule has 0 aliphatic carbocycles. The van der Waals surface area contributed by atoms with Crippen LogP contribution in [0.5, 0.6) is 5.75 Å². The van der Waals surface area contributed by atoms with Gasteiger partial charge in [-0.2, -0.15) is 5.10 Å². The molecule has 0 unspecified atom stereocenters. The smallest absolute Gasteiger partial charge is 0.277 e. The number of amides is 1. The lowest BCUT2D eigenvalue weighted by Crippen LogP contribution is -2.24. The van der Waals surface area contributed by atoms with Gasteiger partial charge in [-0.1, -0.05) is 26.0 Å². The molecule has 1 N–H and O–H groups in total. The number of hydrogen-bond acceptors (Lipinski definition) is 4. The number of halogens is 1. The van der Waals surface area contributed by atoms with Gasteiger partial charge in [0.25, 0.3) is 5.91 Å². The summed E-state index contributed by atoms with van der Waals surface area (Å²) < 4.78 is 6.32. The van der Waals surface area contributed by atoms with E-state index in [1.54, 1.807) is 18.5 Å². The Balaban J connectivity index is 1.84. The largest absolute Gasteiger partial charge is 0.483 e. The molecule has 6 heteroatoms. The van der Waals surface area contributed by atoms with Crippen LogP contribution < -0.4 is 10.2 Å². The summed E-state index contributed by atoms with van der Waals surface area (Å²) in [7, 11) is 0. The van der Waals surface area contributed by atoms with Crippen LogP contribution in [-0.2, 0) is 4.79 Å². The first kappa shape index (κ1) is 17.1. The number of nitrogens with one attached hydrogen (secondary N) is 1. The number of carbonyl (C=O) groups is 1. The second-order valence-corrected chi connectivity index (χ2v) is 6.07. The minimum Gasteiger partial charge on any atom is -0.483 e. The summed E-state index contributed by atoms with van der Waals surface area (Å²) in [5, 5.41) is 3.86. The molecule has 0 spiro atoms. The van der Waals surface area contributed by atoms with E-state index in [0.29, 0.717) is 11.7 Å². The average Bonchev–Trinajstić information content (AvgIpc) is 2.54. The number of ether oxygens (including phenoxy) is 1. The number of rotatable bonds is 6. The molecule has 120 valence electrons. The summed E-state index contributed by atoms with van der Waals surface area (Å²) in [4.78, 5) is 15.7. The zero-order valence-corrected chi connectivity index (χ0v) is 14.6. The van der Waals surface area contributed by atoms with Crippen LogP contribution in [0.15, 0.2) is 52.3 Å². The van der Waals surface area contributed by atoms with E-state index < -0.39 is 0 Å². The van der Waals surface area contributed by atoms with Gasteiger partial charge in [0.2, 0.25) is 0 Å². The molecule has 1 heterocycles. The predicted octanol–water partition coefficient (Wildman–Crippen LogP) is 3.50. The fraction of sp³-hybridized carbons (Fsp3) is 0.235. The highest BCUT2D eigenvalue weighted by molar-refractivity contribution is 9.10. The van der Waals surface area contributed by atoms with E-state index in [0.717, 1.165) is 10.0 Å². The lowest BCUT2D eigenvalue weighted by atomic mass is 10.0. The van der Waals surface area contributed by atoms with Crippen LogP contribution in [0, 0.1) is 0 Å². The van der Waals surface area contributed by atoms with Crippen LogP contribution in [0.3, 0.4) is 0 Å². The Morgan fingerprint density at radius 1 is 1.43 bits per heavy atom. The zero-order valence-electron chi connectivity index (χ0n) is 13.0. The molecule has 23 heavy (non-hydrogen) atoms. The maximum Gasteiger partial charge on any atom is 0.277 e. The lowest BCUT2D eigenvalue weighted by molar-refractivity contribution is -0.123. The van der Waals surface area contributed by atoms with Crippen LogP contribution in [-0.4, -0.2) is 23.7 Å². The van der Waals surface area contributed by atoms with Crippen LogP contribution in [0.4, 0.5) is 0 Å². The number of hydrazone groups is 1. The normalized spacial score (nSPS) is 11.0. The van der Waals surface area contributed by atoms with Crippen molar-refractivity contribution in [2.24, 2.45) is 5.10 Å². The van der Waals surface area contributed by atoms with Crippen molar-refractivity contribution >= 4 is 28.1 Å². The second kappa shape index (κ2) is 8.43. The first-order chi connectivity index (χ1) is 11.1. The topological polar surface area (TPSA) is 63.6 Å². The van der Waals surface area contributed by atoms with Gasteiger partial charge in [-0.05, 0) is 45.6 Å². The van der Waals surface area contributed by atoms with E-state index >= 15 is 0 Å². The van der Waals surface area contributed by atoms with Gasteiger partial charge in [0.15, 0.2) is 6.61 Å². The molecular formula is C17H18BrN3O2. The SMILES string of the molecule is CC(C)c1ccc(OCC(=O)N/N=C/c2cccnc2)c(Br)c1. The first-order valence-corrected chi connectivity index (χ1v) is 7.99. The summed E-state index contributed by atoms with van der Waals surface area (Å²) in [5.41, 5.74) is 4.42. The highest BCUT2D eigenvalue weighted by Crippen LogP contribution is 2.28. The van der Waals surface area contributed by atoms with E-state index in [2.05, 4.69) is 45.3 Å². The van der Waals surface area contributed by atoms with Crippen molar-refractivity contribution in [2.75, 3.05) is 6.61 Å². The Bertz CT molecular complexity index is 687. The van der Waals surface area contributed by atoms with E-state index in [9.17, 15) is 4.79 Å². The number of pyridine rings is 1. The summed E-state index contributed by atoms with van der Waals surface area (Å²) >= 11 is 3.46. The van der Waals surface area contributed by atoms with Crippen molar-refractivity contribution < 1.29 is 9.53 Å². The molecule has 5 nitrogen and oxygen atoms in total. The Morgan fingerprint density at radius 3 is 2.91 bits per heavy atom. The molecule has 1 aromatic heterocycles. The van der Waals surface area contributed by atoms with E-state index in [-0.39, 0.29) is 12.5 Å². The van der Waals surface area contributed by atoms with Crippen molar-refractivity contribution in [3.8, 4) is 5.75 Å². The van der Waals surface area contributed by atoms with E-state index in [4.69, 9.17) is 4.74 Å². The van der Waals surface area contributed by atoms with Crippen LogP contribution in [0.25, 0.3) is 0 Å². The van der Waals surface area contributed by atoms with Crippen molar-refractivity contribution in [3.05, 3.63) is 58.3 Å². The third-order valence-corrected chi connectivity index (χ3v) is 3.69. The molecule has 2 aromatic rings. The molecule has 0 saturated heterocycles. The van der Waals surface area contributed by atoms with Crippen molar-refractivity contribution in [1.82, 2.24) is 10.4 Å². The Hall–Kier alpha value is -2.21. The molecule has 0 aliphatic heterocycles. The molecule has 0 aliphatic rings. The van der Waals surface area contributed by atoms with E-state index in [1.165, 1.54) is 11.8 Å². The number of carbonyl (C=O) groups excluding carboxylic acids is 1. The lowest BCUT2D eigenvalue weighted by Gasteiger charge is -2.10. The monoisotopic (exact) mass is 375 g/mol. The summed E-state index contributed by atoms with van der Waals surface area (Å²) in [6.45, 7) is 4.13. The maximum absolute atomic E-state index is 11.7. The zero-order chi connectivity index (χ0) is 16.7. The van der Waals surface area contributed by atoms with Crippen LogP contribution >= 0.6 is 15.9 Å². The van der Waals surface area contributed by atoms with Crippen molar-refractivity contribution in [1.29, 1.82) is 0 Å². The molecule has 1 aromatic carbocycles. The highest BCUT2D eigenvalue weighted by atomic mass is 79.9. The van der Waals surface area contributed by atoms with Gasteiger partial charge in [-0.15, -0.1) is 0 Å². The van der Waals surface area contributed by atoms with Crippen molar-refractivity contribution in [3.63, 3.8) is 0 Å². The Kier molecular flexibility index (Phi) is 6.29. The van der Waals surface area contributed by atoms with Gasteiger partial charge in [0.1, 0.15) is 5.75 Å². The second-order valence-electron chi connectivity index (χ2n) is 5.21. The molecule has 0 radical (unpaired) electrons.